The van der Waals surface area contributed by atoms with Gasteiger partial charge in [0, 0.05) is 23.5 Å². The molecule has 2 saturated carbocycles. The molecule has 5 aliphatic rings. The van der Waals surface area contributed by atoms with E-state index in [2.05, 4.69) is 15.5 Å². The third-order valence-corrected chi connectivity index (χ3v) is 8.29. The Labute approximate surface area is 227 Å². The average molecular weight is 557 g/mol. The number of nitrogens with one attached hydrogen (secondary N) is 1. The lowest BCUT2D eigenvalue weighted by Gasteiger charge is -2.49. The highest BCUT2D eigenvalue weighted by Crippen LogP contribution is 2.36. The predicted octanol–water partition coefficient (Wildman–Crippen LogP) is 0.732. The van der Waals surface area contributed by atoms with E-state index in [-0.39, 0.29) is 52.7 Å². The average Bonchev–Trinajstić information content (AvgIpc) is 3.26. The van der Waals surface area contributed by atoms with Crippen LogP contribution in [0.4, 0.5) is 5.13 Å². The van der Waals surface area contributed by atoms with Gasteiger partial charge in [0.05, 0.1) is 0 Å². The van der Waals surface area contributed by atoms with Crippen LogP contribution in [0.2, 0.25) is 0 Å². The highest BCUT2D eigenvalue weighted by atomic mass is 32.1. The number of β-lactam (4-membered cyclic amide) rings is 1. The van der Waals surface area contributed by atoms with Crippen molar-refractivity contribution < 1.29 is 33.9 Å². The predicted molar refractivity (Wildman–Crippen MR) is 137 cm³/mol. The Balaban J connectivity index is 1.19. The van der Waals surface area contributed by atoms with E-state index in [0.29, 0.717) is 18.5 Å². The fourth-order valence-corrected chi connectivity index (χ4v) is 5.97. The van der Waals surface area contributed by atoms with Gasteiger partial charge in [0.2, 0.25) is 5.91 Å². The number of aliphatic carboxylic acids is 1. The molecule has 3 aliphatic heterocycles. The van der Waals surface area contributed by atoms with Crippen molar-refractivity contribution in [3.05, 3.63) is 34.2 Å². The summed E-state index contributed by atoms with van der Waals surface area (Å²) in [7, 11) is 0. The normalized spacial score (nSPS) is 26.6. The number of nitrogens with zero attached hydrogens (tertiary/aromatic N) is 4. The molecule has 1 aromatic rings. The Hall–Kier alpha value is -3.94. The van der Waals surface area contributed by atoms with Gasteiger partial charge in [-0.15, -0.1) is 11.3 Å². The molecule has 14 heteroatoms. The van der Waals surface area contributed by atoms with Gasteiger partial charge in [-0.05, 0) is 51.0 Å². The molecule has 0 spiro atoms. The van der Waals surface area contributed by atoms with Crippen LogP contribution in [-0.2, 0) is 28.8 Å². The minimum Gasteiger partial charge on any atom is -0.489 e. The van der Waals surface area contributed by atoms with Crippen molar-refractivity contribution >= 4 is 45.9 Å². The fourth-order valence-electron chi connectivity index (χ4n) is 5.42. The molecule has 39 heavy (non-hydrogen) atoms. The van der Waals surface area contributed by atoms with Crippen LogP contribution in [-0.4, -0.2) is 86.7 Å². The summed E-state index contributed by atoms with van der Waals surface area (Å²) in [5.41, 5.74) is 5.96. The number of allylic oxidation sites excluding steroid dienone is 1. The van der Waals surface area contributed by atoms with Crippen molar-refractivity contribution in [2.24, 2.45) is 5.16 Å². The number of rotatable bonds is 8. The lowest BCUT2D eigenvalue weighted by molar-refractivity contribution is -0.159. The van der Waals surface area contributed by atoms with Crippen molar-refractivity contribution in [3.8, 4) is 0 Å². The number of nitrogens with two attached hydrogens (primary N) is 1. The molecule has 1 aromatic heterocycles. The Morgan fingerprint density at radius 1 is 1.26 bits per heavy atom. The molecule has 3 amide bonds. The summed E-state index contributed by atoms with van der Waals surface area (Å²) in [5.74, 6) is -2.82. The number of likely N-dealkylation sites (tertiary alicyclic amines) is 1. The summed E-state index contributed by atoms with van der Waals surface area (Å²) < 4.78 is 5.76. The second kappa shape index (κ2) is 9.98. The lowest BCUT2D eigenvalue weighted by atomic mass is 9.92. The molecule has 2 unspecified atom stereocenters. The smallest absolute Gasteiger partial charge is 0.356 e. The van der Waals surface area contributed by atoms with E-state index in [1.165, 1.54) is 6.08 Å². The van der Waals surface area contributed by atoms with Crippen LogP contribution in [0.3, 0.4) is 0 Å². The summed E-state index contributed by atoms with van der Waals surface area (Å²) in [4.78, 5) is 63.9. The van der Waals surface area contributed by atoms with E-state index in [1.807, 2.05) is 0 Å². The third kappa shape index (κ3) is 4.73. The molecule has 4 fully saturated rings. The first-order chi connectivity index (χ1) is 18.8. The maximum absolute atomic E-state index is 13.2. The molecule has 2 aliphatic carbocycles. The Kier molecular flexibility index (Phi) is 6.49. The molecule has 2 atom stereocenters. The number of carboxylic acids is 1. The zero-order valence-corrected chi connectivity index (χ0v) is 21.8. The van der Waals surface area contributed by atoms with Crippen molar-refractivity contribution in [2.45, 2.75) is 69.2 Å². The molecule has 0 radical (unpaired) electrons. The molecular weight excluding hydrogens is 528 g/mol. The summed E-state index contributed by atoms with van der Waals surface area (Å²) in [6, 6.07) is -1.52. The van der Waals surface area contributed by atoms with Crippen molar-refractivity contribution in [2.75, 3.05) is 18.9 Å². The number of hydrogen-bond acceptors (Lipinski definition) is 10. The minimum atomic E-state index is -1.36. The number of nitrogen functional groups attached to an aromatic ring is 1. The number of thiazole rings is 1. The monoisotopic (exact) mass is 556 g/mol. The van der Waals surface area contributed by atoms with E-state index in [1.54, 1.807) is 10.3 Å². The van der Waals surface area contributed by atoms with Gasteiger partial charge in [0.15, 0.2) is 22.3 Å². The summed E-state index contributed by atoms with van der Waals surface area (Å²) in [5, 5.41) is 18.4. The van der Waals surface area contributed by atoms with Gasteiger partial charge in [-0.25, -0.2) is 9.78 Å². The van der Waals surface area contributed by atoms with Gasteiger partial charge in [-0.1, -0.05) is 5.16 Å². The first-order valence-corrected chi connectivity index (χ1v) is 13.9. The second-order valence-corrected chi connectivity index (χ2v) is 11.1. The fraction of sp³-hybridized carbons (Fsp3) is 0.520. The van der Waals surface area contributed by atoms with Crippen LogP contribution >= 0.6 is 11.3 Å². The van der Waals surface area contributed by atoms with E-state index < -0.39 is 29.9 Å². The van der Waals surface area contributed by atoms with E-state index in [4.69, 9.17) is 15.3 Å². The Bertz CT molecular complexity index is 1330. The molecule has 6 rings (SSSR count). The number of carbonyl (C=O) groups excluding carboxylic acids is 3. The SMILES string of the molecule is Nc1nc(/C(=N/OC2CCCC2)C(=O)NC2C(=O)N3C(C(=O)O)=C(/C=C4\CCN(C5CC5)C4=O)OCC23)cs1. The van der Waals surface area contributed by atoms with Gasteiger partial charge < -0.3 is 30.6 Å². The summed E-state index contributed by atoms with van der Waals surface area (Å²) >= 11 is 1.14. The third-order valence-electron chi connectivity index (χ3n) is 7.62. The largest absolute Gasteiger partial charge is 0.489 e. The molecule has 4 N–H and O–H groups in total. The first-order valence-electron chi connectivity index (χ1n) is 13.0. The topological polar surface area (TPSA) is 177 Å². The summed E-state index contributed by atoms with van der Waals surface area (Å²) in [6.45, 7) is 0.533. The second-order valence-electron chi connectivity index (χ2n) is 10.2. The van der Waals surface area contributed by atoms with Crippen molar-refractivity contribution in [1.29, 1.82) is 0 Å². The van der Waals surface area contributed by atoms with Gasteiger partial charge in [0.1, 0.15) is 30.5 Å². The number of anilines is 1. The van der Waals surface area contributed by atoms with Gasteiger partial charge in [-0.3, -0.25) is 19.3 Å². The number of carbonyl (C=O) groups is 4. The molecular formula is C25H28N6O7S. The maximum Gasteiger partial charge on any atom is 0.356 e. The van der Waals surface area contributed by atoms with Gasteiger partial charge in [0.25, 0.3) is 11.8 Å². The standard InChI is InChI=1S/C25H28N6O7S/c26-25-27-15(11-39-25)18(29-38-14-3-1-2-4-14)21(32)28-19-16-10-37-17(20(24(35)36)31(16)23(19)34)9-12-7-8-30(22(12)33)13-5-6-13/h9,11,13-14,16,19H,1-8,10H2,(H2,26,27)(H,28,32)(H,35,36)/b12-9+,29-18-. The van der Waals surface area contributed by atoms with Crippen LogP contribution in [0.5, 0.6) is 0 Å². The molecule has 206 valence electrons. The quantitative estimate of drug-likeness (QED) is 0.180. The molecule has 0 bridgehead atoms. The molecule has 4 heterocycles. The Morgan fingerprint density at radius 3 is 2.69 bits per heavy atom. The van der Waals surface area contributed by atoms with E-state index >= 15 is 0 Å². The van der Waals surface area contributed by atoms with Crippen molar-refractivity contribution in [3.63, 3.8) is 0 Å². The van der Waals surface area contributed by atoms with Crippen molar-refractivity contribution in [1.82, 2.24) is 20.1 Å². The molecule has 2 saturated heterocycles. The molecule has 13 nitrogen and oxygen atoms in total. The first kappa shape index (κ1) is 25.3. The lowest BCUT2D eigenvalue weighted by Crippen LogP contribution is -2.73. The number of amides is 3. The zero-order chi connectivity index (χ0) is 27.3. The van der Waals surface area contributed by atoms with Crippen LogP contribution in [0.15, 0.2) is 33.6 Å². The number of aromatic nitrogens is 1. The van der Waals surface area contributed by atoms with Crippen LogP contribution in [0.25, 0.3) is 0 Å². The number of ether oxygens (including phenoxy) is 1. The number of oxime groups is 1. The summed E-state index contributed by atoms with van der Waals surface area (Å²) in [6.07, 6.45) is 7.47. The number of hydrogen-bond donors (Lipinski definition) is 3. The van der Waals surface area contributed by atoms with Gasteiger partial charge in [-0.2, -0.15) is 0 Å². The van der Waals surface area contributed by atoms with E-state index in [9.17, 15) is 24.3 Å². The highest BCUT2D eigenvalue weighted by Gasteiger charge is 2.55. The maximum atomic E-state index is 13.2. The zero-order valence-electron chi connectivity index (χ0n) is 21.0. The van der Waals surface area contributed by atoms with E-state index in [0.717, 1.165) is 54.8 Å². The molecule has 0 aromatic carbocycles. The highest BCUT2D eigenvalue weighted by molar-refractivity contribution is 7.13. The van der Waals surface area contributed by atoms with Crippen LogP contribution in [0, 0.1) is 0 Å². The number of fused-ring (bicyclic) bond motifs is 1. The number of carboxylic acid groups (broad SMARTS) is 1. The minimum absolute atomic E-state index is 0.0389. The van der Waals surface area contributed by atoms with Crippen LogP contribution < -0.4 is 11.1 Å². The Morgan fingerprint density at radius 2 is 2.03 bits per heavy atom. The van der Waals surface area contributed by atoms with Crippen LogP contribution in [0.1, 0.15) is 50.6 Å². The van der Waals surface area contributed by atoms with Gasteiger partial charge >= 0.3 is 5.97 Å².